The summed E-state index contributed by atoms with van der Waals surface area (Å²) in [5.74, 6) is 0. The van der Waals surface area contributed by atoms with Gasteiger partial charge in [0.2, 0.25) is 0 Å². The molecule has 0 atom stereocenters. The highest BCUT2D eigenvalue weighted by atomic mass is 14.8. The van der Waals surface area contributed by atoms with Crippen molar-refractivity contribution in [3.05, 3.63) is 60.2 Å². The molecule has 2 aromatic rings. The molecule has 3 rings (SSSR count). The van der Waals surface area contributed by atoms with Gasteiger partial charge >= 0.3 is 0 Å². The maximum atomic E-state index is 4.65. The minimum Gasteiger partial charge on any atom is -0.288 e. The zero-order valence-corrected chi connectivity index (χ0v) is 12.5. The first-order chi connectivity index (χ1) is 10.9. The summed E-state index contributed by atoms with van der Waals surface area (Å²) in [6, 6.07) is 12.6. The summed E-state index contributed by atoms with van der Waals surface area (Å²) in [4.78, 5) is 17.8. The Morgan fingerprint density at radius 3 is 1.55 bits per heavy atom. The van der Waals surface area contributed by atoms with Crippen LogP contribution in [0.15, 0.2) is 58.8 Å². The fourth-order valence-electron chi connectivity index (χ4n) is 2.62. The fraction of sp³-hybridized carbons (Fsp3) is 0.333. The van der Waals surface area contributed by atoms with E-state index >= 15 is 0 Å². The summed E-state index contributed by atoms with van der Waals surface area (Å²) in [5, 5.41) is 0. The normalized spacial score (nSPS) is 22.4. The molecule has 1 aliphatic carbocycles. The van der Waals surface area contributed by atoms with Crippen molar-refractivity contribution >= 4 is 12.4 Å². The van der Waals surface area contributed by atoms with Crippen LogP contribution in [0.5, 0.6) is 0 Å². The molecule has 0 N–H and O–H groups in total. The van der Waals surface area contributed by atoms with Crippen LogP contribution in [0.3, 0.4) is 0 Å². The van der Waals surface area contributed by atoms with Gasteiger partial charge in [0.1, 0.15) is 0 Å². The molecule has 0 bridgehead atoms. The largest absolute Gasteiger partial charge is 0.288 e. The summed E-state index contributed by atoms with van der Waals surface area (Å²) in [6.45, 7) is 0. The Hall–Kier alpha value is -2.36. The number of aromatic nitrogens is 2. The zero-order valence-electron chi connectivity index (χ0n) is 12.5. The minimum atomic E-state index is 0.406. The second-order valence-electron chi connectivity index (χ2n) is 5.53. The first-order valence-electron chi connectivity index (χ1n) is 7.78. The van der Waals surface area contributed by atoms with E-state index in [1.54, 1.807) is 12.4 Å². The minimum absolute atomic E-state index is 0.406. The van der Waals surface area contributed by atoms with Gasteiger partial charge in [-0.25, -0.2) is 0 Å². The number of nitrogens with zero attached hydrogens (tertiary/aromatic N) is 4. The predicted molar refractivity (Wildman–Crippen MR) is 89.7 cm³/mol. The van der Waals surface area contributed by atoms with E-state index < -0.39 is 0 Å². The van der Waals surface area contributed by atoms with Crippen molar-refractivity contribution < 1.29 is 0 Å². The Balaban J connectivity index is 1.48. The molecule has 1 fully saturated rings. The third-order valence-corrected chi connectivity index (χ3v) is 3.88. The van der Waals surface area contributed by atoms with E-state index in [2.05, 4.69) is 20.0 Å². The van der Waals surface area contributed by atoms with E-state index in [9.17, 15) is 0 Å². The van der Waals surface area contributed by atoms with E-state index in [4.69, 9.17) is 0 Å². The summed E-state index contributed by atoms with van der Waals surface area (Å²) >= 11 is 0. The topological polar surface area (TPSA) is 50.5 Å². The summed E-state index contributed by atoms with van der Waals surface area (Å²) in [6.07, 6.45) is 11.7. The predicted octanol–water partition coefficient (Wildman–Crippen LogP) is 3.33. The zero-order chi connectivity index (χ0) is 15.0. The highest BCUT2D eigenvalue weighted by Crippen LogP contribution is 2.23. The molecule has 22 heavy (non-hydrogen) atoms. The Bertz CT molecular complexity index is 557. The lowest BCUT2D eigenvalue weighted by molar-refractivity contribution is 0.399. The number of pyridine rings is 2. The van der Waals surface area contributed by atoms with Gasteiger partial charge in [-0.15, -0.1) is 0 Å². The number of hydrogen-bond acceptors (Lipinski definition) is 4. The Morgan fingerprint density at radius 1 is 0.727 bits per heavy atom. The third-order valence-electron chi connectivity index (χ3n) is 3.88. The van der Waals surface area contributed by atoms with Crippen molar-refractivity contribution in [1.82, 2.24) is 9.97 Å². The van der Waals surface area contributed by atoms with Crippen LogP contribution < -0.4 is 0 Å². The van der Waals surface area contributed by atoms with Crippen molar-refractivity contribution in [3.8, 4) is 0 Å². The molecule has 4 nitrogen and oxygen atoms in total. The van der Waals surface area contributed by atoms with E-state index in [0.717, 1.165) is 37.1 Å². The molecule has 2 heterocycles. The van der Waals surface area contributed by atoms with Gasteiger partial charge in [-0.3, -0.25) is 20.0 Å². The van der Waals surface area contributed by atoms with E-state index in [1.807, 2.05) is 48.8 Å². The lowest BCUT2D eigenvalue weighted by Gasteiger charge is -2.23. The van der Waals surface area contributed by atoms with Gasteiger partial charge in [-0.2, -0.15) is 0 Å². The molecular weight excluding hydrogens is 272 g/mol. The molecule has 0 radical (unpaired) electrons. The third kappa shape index (κ3) is 4.32. The Morgan fingerprint density at radius 2 is 1.18 bits per heavy atom. The summed E-state index contributed by atoms with van der Waals surface area (Å²) < 4.78 is 0. The average Bonchev–Trinajstić information content (AvgIpc) is 2.61. The standard InChI is InChI=1S/C18H20N4/c1-3-11-19-17(5-1)13-21-15-7-9-16(10-8-15)22-14-18-6-2-4-12-20-18/h1-6,11-16H,7-10H2. The molecule has 4 heteroatoms. The molecule has 0 saturated heterocycles. The molecule has 2 aromatic heterocycles. The van der Waals surface area contributed by atoms with E-state index in [-0.39, 0.29) is 0 Å². The Kier molecular flexibility index (Phi) is 5.03. The summed E-state index contributed by atoms with van der Waals surface area (Å²) in [7, 11) is 0. The smallest absolute Gasteiger partial charge is 0.0807 e. The van der Waals surface area contributed by atoms with Gasteiger partial charge in [0.05, 0.1) is 23.5 Å². The highest BCUT2D eigenvalue weighted by molar-refractivity contribution is 5.77. The molecule has 0 unspecified atom stereocenters. The maximum Gasteiger partial charge on any atom is 0.0807 e. The number of hydrogen-bond donors (Lipinski definition) is 0. The van der Waals surface area contributed by atoms with Crippen LogP contribution in [0.1, 0.15) is 37.1 Å². The molecule has 0 spiro atoms. The first-order valence-corrected chi connectivity index (χ1v) is 7.78. The SMILES string of the molecule is C(=NC1CCC(N=Cc2ccccn2)CC1)c1ccccn1. The molecular formula is C18H20N4. The fourth-order valence-corrected chi connectivity index (χ4v) is 2.62. The molecule has 0 aliphatic heterocycles. The molecule has 1 saturated carbocycles. The van der Waals surface area contributed by atoms with E-state index in [1.165, 1.54) is 0 Å². The van der Waals surface area contributed by atoms with Gasteiger partial charge in [0, 0.05) is 24.8 Å². The van der Waals surface area contributed by atoms with Crippen molar-refractivity contribution in [3.63, 3.8) is 0 Å². The van der Waals surface area contributed by atoms with Gasteiger partial charge < -0.3 is 0 Å². The molecule has 0 amide bonds. The van der Waals surface area contributed by atoms with Crippen LogP contribution in [0.4, 0.5) is 0 Å². The van der Waals surface area contributed by atoms with Crippen LogP contribution in [0.25, 0.3) is 0 Å². The van der Waals surface area contributed by atoms with Crippen LogP contribution in [-0.2, 0) is 0 Å². The second-order valence-corrected chi connectivity index (χ2v) is 5.53. The van der Waals surface area contributed by atoms with Crippen molar-refractivity contribution in [1.29, 1.82) is 0 Å². The van der Waals surface area contributed by atoms with Crippen molar-refractivity contribution in [2.24, 2.45) is 9.98 Å². The van der Waals surface area contributed by atoms with Crippen LogP contribution >= 0.6 is 0 Å². The van der Waals surface area contributed by atoms with Crippen molar-refractivity contribution in [2.45, 2.75) is 37.8 Å². The van der Waals surface area contributed by atoms with Crippen LogP contribution in [0, 0.1) is 0 Å². The van der Waals surface area contributed by atoms with Crippen molar-refractivity contribution in [2.75, 3.05) is 0 Å². The second kappa shape index (κ2) is 7.59. The van der Waals surface area contributed by atoms with Gasteiger partial charge in [0.25, 0.3) is 0 Å². The van der Waals surface area contributed by atoms with Crippen LogP contribution in [0.2, 0.25) is 0 Å². The summed E-state index contributed by atoms with van der Waals surface area (Å²) in [5.41, 5.74) is 1.86. The van der Waals surface area contributed by atoms with Gasteiger partial charge in [-0.05, 0) is 49.9 Å². The van der Waals surface area contributed by atoms with Crippen LogP contribution in [-0.4, -0.2) is 34.5 Å². The monoisotopic (exact) mass is 292 g/mol. The van der Waals surface area contributed by atoms with E-state index in [0.29, 0.717) is 12.1 Å². The van der Waals surface area contributed by atoms with Gasteiger partial charge in [0.15, 0.2) is 0 Å². The van der Waals surface area contributed by atoms with Gasteiger partial charge in [-0.1, -0.05) is 12.1 Å². The number of rotatable bonds is 4. The lowest BCUT2D eigenvalue weighted by atomic mass is 9.92. The lowest BCUT2D eigenvalue weighted by Crippen LogP contribution is -2.20. The first kappa shape index (κ1) is 14.6. The maximum absolute atomic E-state index is 4.65. The molecule has 0 aromatic carbocycles. The molecule has 112 valence electrons. The quantitative estimate of drug-likeness (QED) is 0.812. The Labute approximate surface area is 131 Å². The average molecular weight is 292 g/mol. The number of aliphatic imine (C=N–C) groups is 2. The molecule has 1 aliphatic rings. The highest BCUT2D eigenvalue weighted by Gasteiger charge is 2.19.